The van der Waals surface area contributed by atoms with Crippen molar-refractivity contribution >= 4 is 23.2 Å². The molecule has 0 aliphatic heterocycles. The molecular formula is C28H32N2O4. The summed E-state index contributed by atoms with van der Waals surface area (Å²) in [5, 5.41) is 5.79. The Kier molecular flexibility index (Phi) is 8.68. The standard InChI is InChI=1S/C28H32N2O4/c1-5-25(33-21-13-9-11-19(3)17-21)27(31)29-23-15-7-8-16-24(23)30-28(32)26(6-2)34-22-14-10-12-20(4)18-22/h7-18,25-26H,5-6H2,1-4H3,(H,29,31)(H,30,32). The second-order valence-corrected chi connectivity index (χ2v) is 8.19. The Labute approximate surface area is 201 Å². The van der Waals surface area contributed by atoms with Gasteiger partial charge in [-0.3, -0.25) is 9.59 Å². The summed E-state index contributed by atoms with van der Waals surface area (Å²) in [5.41, 5.74) is 3.11. The average Bonchev–Trinajstić information content (AvgIpc) is 2.82. The van der Waals surface area contributed by atoms with Crippen molar-refractivity contribution in [3.63, 3.8) is 0 Å². The van der Waals surface area contributed by atoms with E-state index in [1.54, 1.807) is 24.3 Å². The first kappa shape index (κ1) is 24.8. The van der Waals surface area contributed by atoms with Crippen LogP contribution in [0, 0.1) is 13.8 Å². The highest BCUT2D eigenvalue weighted by atomic mass is 16.5. The zero-order valence-corrected chi connectivity index (χ0v) is 20.1. The first-order valence-corrected chi connectivity index (χ1v) is 11.6. The van der Waals surface area contributed by atoms with E-state index < -0.39 is 12.2 Å². The van der Waals surface area contributed by atoms with Crippen molar-refractivity contribution in [2.24, 2.45) is 0 Å². The van der Waals surface area contributed by atoms with Gasteiger partial charge in [0.05, 0.1) is 11.4 Å². The predicted molar refractivity (Wildman–Crippen MR) is 135 cm³/mol. The molecule has 0 aliphatic carbocycles. The van der Waals surface area contributed by atoms with Gasteiger partial charge in [-0.1, -0.05) is 50.2 Å². The number of benzene rings is 3. The van der Waals surface area contributed by atoms with Gasteiger partial charge < -0.3 is 20.1 Å². The van der Waals surface area contributed by atoms with Gasteiger partial charge in [-0.15, -0.1) is 0 Å². The molecule has 6 heteroatoms. The van der Waals surface area contributed by atoms with E-state index in [2.05, 4.69) is 10.6 Å². The largest absolute Gasteiger partial charge is 0.481 e. The maximum atomic E-state index is 13.0. The SMILES string of the molecule is CCC(Oc1cccc(C)c1)C(=O)Nc1ccccc1NC(=O)C(CC)Oc1cccc(C)c1. The molecule has 0 saturated carbocycles. The van der Waals surface area contributed by atoms with E-state index in [9.17, 15) is 9.59 Å². The Morgan fingerprint density at radius 2 is 1.09 bits per heavy atom. The molecule has 0 aliphatic rings. The van der Waals surface area contributed by atoms with Crippen LogP contribution >= 0.6 is 0 Å². The summed E-state index contributed by atoms with van der Waals surface area (Å²) in [6, 6.07) is 22.3. The molecule has 3 aromatic carbocycles. The fourth-order valence-corrected chi connectivity index (χ4v) is 3.48. The number of hydrogen-bond donors (Lipinski definition) is 2. The number of carbonyl (C=O) groups excluding carboxylic acids is 2. The van der Waals surface area contributed by atoms with Crippen LogP contribution in [0.15, 0.2) is 72.8 Å². The molecule has 178 valence electrons. The quantitative estimate of drug-likeness (QED) is 0.395. The fourth-order valence-electron chi connectivity index (χ4n) is 3.48. The van der Waals surface area contributed by atoms with Crippen molar-refractivity contribution in [3.8, 4) is 11.5 Å². The monoisotopic (exact) mass is 460 g/mol. The summed E-state index contributed by atoms with van der Waals surface area (Å²) in [7, 11) is 0. The topological polar surface area (TPSA) is 76.7 Å². The smallest absolute Gasteiger partial charge is 0.265 e. The van der Waals surface area contributed by atoms with E-state index in [4.69, 9.17) is 9.47 Å². The number of para-hydroxylation sites is 2. The molecule has 0 aromatic heterocycles. The molecule has 0 spiro atoms. The maximum Gasteiger partial charge on any atom is 0.265 e. The van der Waals surface area contributed by atoms with Gasteiger partial charge in [0, 0.05) is 0 Å². The Balaban J connectivity index is 1.69. The lowest BCUT2D eigenvalue weighted by Crippen LogP contribution is -2.34. The number of nitrogens with one attached hydrogen (secondary N) is 2. The molecule has 6 nitrogen and oxygen atoms in total. The Morgan fingerprint density at radius 1 is 0.676 bits per heavy atom. The van der Waals surface area contributed by atoms with E-state index in [0.29, 0.717) is 35.7 Å². The van der Waals surface area contributed by atoms with Gasteiger partial charge >= 0.3 is 0 Å². The molecule has 2 atom stereocenters. The maximum absolute atomic E-state index is 13.0. The summed E-state index contributed by atoms with van der Waals surface area (Å²) in [6.45, 7) is 7.72. The summed E-state index contributed by atoms with van der Waals surface area (Å²) < 4.78 is 11.8. The second-order valence-electron chi connectivity index (χ2n) is 8.19. The molecule has 34 heavy (non-hydrogen) atoms. The Morgan fingerprint density at radius 3 is 1.44 bits per heavy atom. The summed E-state index contributed by atoms with van der Waals surface area (Å²) >= 11 is 0. The van der Waals surface area contributed by atoms with E-state index in [1.165, 1.54) is 0 Å². The number of rotatable bonds is 10. The highest BCUT2D eigenvalue weighted by Gasteiger charge is 2.22. The van der Waals surface area contributed by atoms with Crippen LogP contribution in [0.25, 0.3) is 0 Å². The van der Waals surface area contributed by atoms with Gasteiger partial charge in [-0.25, -0.2) is 0 Å². The summed E-state index contributed by atoms with van der Waals surface area (Å²) in [6.07, 6.45) is -0.343. The van der Waals surface area contributed by atoms with E-state index in [-0.39, 0.29) is 11.8 Å². The lowest BCUT2D eigenvalue weighted by atomic mass is 10.2. The third kappa shape index (κ3) is 6.85. The molecule has 2 unspecified atom stereocenters. The molecule has 2 N–H and O–H groups in total. The molecule has 0 saturated heterocycles. The lowest BCUT2D eigenvalue weighted by molar-refractivity contribution is -0.123. The Bertz CT molecular complexity index is 1040. The first-order valence-electron chi connectivity index (χ1n) is 11.6. The number of hydrogen-bond acceptors (Lipinski definition) is 4. The highest BCUT2D eigenvalue weighted by Crippen LogP contribution is 2.24. The molecular weight excluding hydrogens is 428 g/mol. The van der Waals surface area contributed by atoms with Crippen LogP contribution < -0.4 is 20.1 Å². The highest BCUT2D eigenvalue weighted by molar-refractivity contribution is 6.02. The third-order valence-electron chi connectivity index (χ3n) is 5.31. The lowest BCUT2D eigenvalue weighted by Gasteiger charge is -2.21. The van der Waals surface area contributed by atoms with Crippen molar-refractivity contribution < 1.29 is 19.1 Å². The number of anilines is 2. The van der Waals surface area contributed by atoms with Crippen LogP contribution in [0.4, 0.5) is 11.4 Å². The van der Waals surface area contributed by atoms with Gasteiger partial charge in [-0.05, 0) is 74.2 Å². The normalized spacial score (nSPS) is 12.4. The molecule has 0 heterocycles. The molecule has 3 aromatic rings. The van der Waals surface area contributed by atoms with Crippen molar-refractivity contribution in [1.82, 2.24) is 0 Å². The van der Waals surface area contributed by atoms with Crippen LogP contribution in [0.1, 0.15) is 37.8 Å². The Hall–Kier alpha value is -3.80. The minimum atomic E-state index is -0.668. The van der Waals surface area contributed by atoms with Crippen LogP contribution in [0.5, 0.6) is 11.5 Å². The molecule has 0 bridgehead atoms. The number of amides is 2. The van der Waals surface area contributed by atoms with Crippen molar-refractivity contribution in [2.75, 3.05) is 10.6 Å². The van der Waals surface area contributed by atoms with E-state index >= 15 is 0 Å². The summed E-state index contributed by atoms with van der Waals surface area (Å²) in [4.78, 5) is 25.9. The zero-order valence-electron chi connectivity index (χ0n) is 20.1. The van der Waals surface area contributed by atoms with Gasteiger partial charge in [0.1, 0.15) is 11.5 Å². The fraction of sp³-hybridized carbons (Fsp3) is 0.286. The van der Waals surface area contributed by atoms with Crippen LogP contribution in [-0.2, 0) is 9.59 Å². The van der Waals surface area contributed by atoms with Crippen molar-refractivity contribution in [1.29, 1.82) is 0 Å². The summed E-state index contributed by atoms with van der Waals surface area (Å²) in [5.74, 6) is 0.716. The predicted octanol–water partition coefficient (Wildman–Crippen LogP) is 5.90. The van der Waals surface area contributed by atoms with Gasteiger partial charge in [0.15, 0.2) is 12.2 Å². The van der Waals surface area contributed by atoms with Crippen LogP contribution in [0.2, 0.25) is 0 Å². The molecule has 0 fully saturated rings. The van der Waals surface area contributed by atoms with Gasteiger partial charge in [0.2, 0.25) is 0 Å². The van der Waals surface area contributed by atoms with E-state index in [1.807, 2.05) is 76.2 Å². The van der Waals surface area contributed by atoms with Crippen molar-refractivity contribution in [2.45, 2.75) is 52.7 Å². The number of aryl methyl sites for hydroxylation is 2. The van der Waals surface area contributed by atoms with Crippen molar-refractivity contribution in [3.05, 3.63) is 83.9 Å². The molecule has 0 radical (unpaired) electrons. The number of carbonyl (C=O) groups is 2. The zero-order chi connectivity index (χ0) is 24.5. The second kappa shape index (κ2) is 11.9. The first-order chi connectivity index (χ1) is 16.4. The van der Waals surface area contributed by atoms with Crippen LogP contribution in [0.3, 0.4) is 0 Å². The van der Waals surface area contributed by atoms with E-state index in [0.717, 1.165) is 11.1 Å². The van der Waals surface area contributed by atoms with Gasteiger partial charge in [0.25, 0.3) is 11.8 Å². The minimum absolute atomic E-state index is 0.284. The average molecular weight is 461 g/mol. The molecule has 2 amide bonds. The number of ether oxygens (including phenoxy) is 2. The van der Waals surface area contributed by atoms with Gasteiger partial charge in [-0.2, -0.15) is 0 Å². The molecule has 3 rings (SSSR count). The minimum Gasteiger partial charge on any atom is -0.481 e. The third-order valence-corrected chi connectivity index (χ3v) is 5.31. The van der Waals surface area contributed by atoms with Crippen LogP contribution in [-0.4, -0.2) is 24.0 Å².